The molecule has 1 aliphatic rings. The molecular weight excluding hydrogens is 291 g/mol. The van der Waals surface area contributed by atoms with Gasteiger partial charge in [-0.25, -0.2) is 0 Å². The van der Waals surface area contributed by atoms with E-state index < -0.39 is 0 Å². The van der Waals surface area contributed by atoms with E-state index in [1.165, 1.54) is 25.7 Å². The van der Waals surface area contributed by atoms with Crippen LogP contribution in [0.4, 0.5) is 0 Å². The molecule has 0 amide bonds. The highest BCUT2D eigenvalue weighted by Gasteiger charge is 2.28. The minimum atomic E-state index is 0.171. The number of halogens is 2. The van der Waals surface area contributed by atoms with Gasteiger partial charge in [-0.3, -0.25) is 4.90 Å². The largest absolute Gasteiger partial charge is 0.329 e. The average molecular weight is 315 g/mol. The molecule has 0 saturated carbocycles. The maximum Gasteiger partial charge on any atom is 0.0488 e. The van der Waals surface area contributed by atoms with Gasteiger partial charge >= 0.3 is 0 Å². The lowest BCUT2D eigenvalue weighted by atomic mass is 10.0. The zero-order valence-corrected chi connectivity index (χ0v) is 13.6. The predicted octanol–water partition coefficient (Wildman–Crippen LogP) is 4.65. The summed E-state index contributed by atoms with van der Waals surface area (Å²) in [6.45, 7) is 3.94. The summed E-state index contributed by atoms with van der Waals surface area (Å²) >= 11 is 12.5. The third kappa shape index (κ3) is 3.67. The summed E-state index contributed by atoms with van der Waals surface area (Å²) in [6, 6.07) is 6.45. The van der Waals surface area contributed by atoms with Crippen LogP contribution in [0.15, 0.2) is 18.2 Å². The van der Waals surface area contributed by atoms with Gasteiger partial charge in [-0.1, -0.05) is 43.0 Å². The molecular formula is C16H24Cl2N2. The van der Waals surface area contributed by atoms with Gasteiger partial charge in [0.2, 0.25) is 0 Å². The van der Waals surface area contributed by atoms with E-state index in [1.54, 1.807) is 0 Å². The number of nitrogens with zero attached hydrogens (tertiary/aromatic N) is 1. The van der Waals surface area contributed by atoms with Crippen LogP contribution in [0.5, 0.6) is 0 Å². The van der Waals surface area contributed by atoms with Crippen molar-refractivity contribution < 1.29 is 0 Å². The monoisotopic (exact) mass is 314 g/mol. The van der Waals surface area contributed by atoms with Gasteiger partial charge in [0.1, 0.15) is 0 Å². The molecule has 2 atom stereocenters. The number of rotatable bonds is 4. The van der Waals surface area contributed by atoms with E-state index in [0.717, 1.165) is 28.6 Å². The second-order valence-electron chi connectivity index (χ2n) is 5.57. The van der Waals surface area contributed by atoms with Gasteiger partial charge in [0.05, 0.1) is 0 Å². The first-order chi connectivity index (χ1) is 9.67. The lowest BCUT2D eigenvalue weighted by molar-refractivity contribution is 0.136. The van der Waals surface area contributed by atoms with E-state index >= 15 is 0 Å². The van der Waals surface area contributed by atoms with Crippen molar-refractivity contribution in [2.24, 2.45) is 5.73 Å². The Balaban J connectivity index is 2.31. The molecule has 1 aliphatic heterocycles. The summed E-state index contributed by atoms with van der Waals surface area (Å²) in [5.74, 6) is 0. The van der Waals surface area contributed by atoms with Crippen LogP contribution in [0.3, 0.4) is 0 Å². The maximum absolute atomic E-state index is 6.38. The second kappa shape index (κ2) is 7.65. The van der Waals surface area contributed by atoms with E-state index in [4.69, 9.17) is 28.9 Å². The van der Waals surface area contributed by atoms with Crippen molar-refractivity contribution in [1.29, 1.82) is 0 Å². The molecule has 1 aromatic rings. The van der Waals surface area contributed by atoms with Crippen LogP contribution >= 0.6 is 23.2 Å². The lowest BCUT2D eigenvalue weighted by Gasteiger charge is -2.37. The second-order valence-corrected chi connectivity index (χ2v) is 6.41. The molecule has 2 rings (SSSR count). The summed E-state index contributed by atoms with van der Waals surface area (Å²) in [7, 11) is 0. The molecule has 1 aromatic carbocycles. The Hall–Kier alpha value is -0.280. The van der Waals surface area contributed by atoms with Gasteiger partial charge in [0.25, 0.3) is 0 Å². The third-order valence-electron chi connectivity index (χ3n) is 4.33. The smallest absolute Gasteiger partial charge is 0.0488 e. The molecule has 0 bridgehead atoms. The van der Waals surface area contributed by atoms with E-state index in [-0.39, 0.29) is 6.04 Å². The standard InChI is InChI=1S/C16H24Cl2N2/c1-2-13-6-4-3-5-9-20(13)16(11-19)14-10-12(17)7-8-15(14)18/h7-8,10,13,16H,2-6,9,11,19H2,1H3. The zero-order valence-electron chi connectivity index (χ0n) is 12.1. The van der Waals surface area contributed by atoms with Gasteiger partial charge in [0, 0.05) is 28.7 Å². The first kappa shape index (κ1) is 16.1. The lowest BCUT2D eigenvalue weighted by Crippen LogP contribution is -2.41. The maximum atomic E-state index is 6.38. The number of hydrogen-bond donors (Lipinski definition) is 1. The minimum Gasteiger partial charge on any atom is -0.329 e. The molecule has 0 radical (unpaired) electrons. The fourth-order valence-corrected chi connectivity index (χ4v) is 3.68. The average Bonchev–Trinajstić information content (AvgIpc) is 2.69. The number of hydrogen-bond acceptors (Lipinski definition) is 2. The molecule has 1 fully saturated rings. The normalized spacial score (nSPS) is 22.5. The van der Waals surface area contributed by atoms with E-state index in [2.05, 4.69) is 11.8 Å². The number of nitrogens with two attached hydrogens (primary N) is 1. The van der Waals surface area contributed by atoms with Crippen LogP contribution in [0.25, 0.3) is 0 Å². The van der Waals surface area contributed by atoms with Crippen LogP contribution < -0.4 is 5.73 Å². The Morgan fingerprint density at radius 2 is 2.10 bits per heavy atom. The van der Waals surface area contributed by atoms with Crippen molar-refractivity contribution in [3.05, 3.63) is 33.8 Å². The quantitative estimate of drug-likeness (QED) is 0.876. The molecule has 1 heterocycles. The van der Waals surface area contributed by atoms with Crippen molar-refractivity contribution in [3.63, 3.8) is 0 Å². The Kier molecular flexibility index (Phi) is 6.16. The Morgan fingerprint density at radius 3 is 2.80 bits per heavy atom. The van der Waals surface area contributed by atoms with Gasteiger partial charge in [-0.15, -0.1) is 0 Å². The van der Waals surface area contributed by atoms with Crippen LogP contribution in [0, 0.1) is 0 Å². The number of likely N-dealkylation sites (tertiary alicyclic amines) is 1. The molecule has 2 unspecified atom stereocenters. The summed E-state index contributed by atoms with van der Waals surface area (Å²) < 4.78 is 0. The van der Waals surface area contributed by atoms with Gasteiger partial charge in [0.15, 0.2) is 0 Å². The Morgan fingerprint density at radius 1 is 1.30 bits per heavy atom. The molecule has 112 valence electrons. The first-order valence-corrected chi connectivity index (χ1v) is 8.33. The molecule has 0 aromatic heterocycles. The molecule has 0 aliphatic carbocycles. The molecule has 0 spiro atoms. The molecule has 4 heteroatoms. The van der Waals surface area contributed by atoms with Gasteiger partial charge < -0.3 is 5.73 Å². The van der Waals surface area contributed by atoms with Crippen LogP contribution in [-0.2, 0) is 0 Å². The Bertz CT molecular complexity index is 436. The zero-order chi connectivity index (χ0) is 14.5. The van der Waals surface area contributed by atoms with Crippen molar-refractivity contribution in [2.75, 3.05) is 13.1 Å². The number of benzene rings is 1. The highest BCUT2D eigenvalue weighted by molar-refractivity contribution is 6.33. The van der Waals surface area contributed by atoms with Gasteiger partial charge in [-0.05, 0) is 49.6 Å². The summed E-state index contributed by atoms with van der Waals surface area (Å²) in [5.41, 5.74) is 7.15. The predicted molar refractivity (Wildman–Crippen MR) is 87.5 cm³/mol. The molecule has 2 N–H and O–H groups in total. The van der Waals surface area contributed by atoms with E-state index in [1.807, 2.05) is 18.2 Å². The van der Waals surface area contributed by atoms with E-state index in [9.17, 15) is 0 Å². The van der Waals surface area contributed by atoms with E-state index in [0.29, 0.717) is 12.6 Å². The van der Waals surface area contributed by atoms with Crippen molar-refractivity contribution >= 4 is 23.2 Å². The van der Waals surface area contributed by atoms with Crippen LogP contribution in [0.1, 0.15) is 50.6 Å². The molecule has 2 nitrogen and oxygen atoms in total. The molecule has 20 heavy (non-hydrogen) atoms. The van der Waals surface area contributed by atoms with Crippen molar-refractivity contribution in [1.82, 2.24) is 4.90 Å². The van der Waals surface area contributed by atoms with Crippen molar-refractivity contribution in [3.8, 4) is 0 Å². The van der Waals surface area contributed by atoms with Crippen LogP contribution in [0.2, 0.25) is 10.0 Å². The fraction of sp³-hybridized carbons (Fsp3) is 0.625. The third-order valence-corrected chi connectivity index (χ3v) is 4.91. The minimum absolute atomic E-state index is 0.171. The SMILES string of the molecule is CCC1CCCCCN1C(CN)c1cc(Cl)ccc1Cl. The first-order valence-electron chi connectivity index (χ1n) is 7.58. The van der Waals surface area contributed by atoms with Gasteiger partial charge in [-0.2, -0.15) is 0 Å². The fourth-order valence-electron chi connectivity index (χ4n) is 3.26. The summed E-state index contributed by atoms with van der Waals surface area (Å²) in [4.78, 5) is 2.55. The van der Waals surface area contributed by atoms with Crippen molar-refractivity contribution in [2.45, 2.75) is 51.1 Å². The topological polar surface area (TPSA) is 29.3 Å². The molecule has 1 saturated heterocycles. The van der Waals surface area contributed by atoms with Crippen LogP contribution in [-0.4, -0.2) is 24.0 Å². The summed E-state index contributed by atoms with van der Waals surface area (Å²) in [6.07, 6.45) is 6.29. The Labute approximate surface area is 132 Å². The summed E-state index contributed by atoms with van der Waals surface area (Å²) in [5, 5.41) is 1.50. The highest BCUT2D eigenvalue weighted by Crippen LogP contribution is 2.33. The highest BCUT2D eigenvalue weighted by atomic mass is 35.5.